The molecule has 1 atom stereocenters. The molecule has 114 valence electrons. The van der Waals surface area contributed by atoms with Crippen LogP contribution >= 0.6 is 0 Å². The normalized spacial score (nSPS) is 12.7. The van der Waals surface area contributed by atoms with Gasteiger partial charge in [0.1, 0.15) is 17.3 Å². The third-order valence-corrected chi connectivity index (χ3v) is 3.66. The van der Waals surface area contributed by atoms with E-state index in [1.807, 2.05) is 52.0 Å². The minimum Gasteiger partial charge on any atom is -0.491 e. The summed E-state index contributed by atoms with van der Waals surface area (Å²) >= 11 is 0. The molecule has 2 aromatic rings. The van der Waals surface area contributed by atoms with E-state index in [4.69, 9.17) is 15.0 Å². The summed E-state index contributed by atoms with van der Waals surface area (Å²) in [6.45, 7) is 10.0. The lowest BCUT2D eigenvalue weighted by atomic mass is 9.96. The van der Waals surface area contributed by atoms with Crippen LogP contribution in [0.4, 0.5) is 0 Å². The molecule has 1 aromatic carbocycles. The summed E-state index contributed by atoms with van der Waals surface area (Å²) in [5.74, 6) is 8.47. The van der Waals surface area contributed by atoms with Crippen LogP contribution in [0.5, 0.6) is 5.75 Å². The number of hydrazine groups is 1. The van der Waals surface area contributed by atoms with Gasteiger partial charge < -0.3 is 9.15 Å². The number of aryl methyl sites for hydroxylation is 2. The Bertz CT molecular complexity index is 600. The van der Waals surface area contributed by atoms with Crippen LogP contribution in [-0.4, -0.2) is 6.10 Å². The summed E-state index contributed by atoms with van der Waals surface area (Å²) in [6, 6.07) is 7.91. The summed E-state index contributed by atoms with van der Waals surface area (Å²) in [5, 5.41) is 0. The van der Waals surface area contributed by atoms with Crippen molar-refractivity contribution in [1.29, 1.82) is 0 Å². The molecule has 0 fully saturated rings. The highest BCUT2D eigenvalue weighted by atomic mass is 16.5. The number of benzene rings is 1. The van der Waals surface area contributed by atoms with E-state index >= 15 is 0 Å². The first-order valence-corrected chi connectivity index (χ1v) is 7.23. The predicted molar refractivity (Wildman–Crippen MR) is 84.3 cm³/mol. The van der Waals surface area contributed by atoms with Gasteiger partial charge in [0.2, 0.25) is 0 Å². The van der Waals surface area contributed by atoms with Gasteiger partial charge in [-0.1, -0.05) is 12.1 Å². The molecule has 0 saturated carbocycles. The number of rotatable bonds is 5. The molecule has 0 spiro atoms. The van der Waals surface area contributed by atoms with Gasteiger partial charge in [0.25, 0.3) is 0 Å². The van der Waals surface area contributed by atoms with Crippen molar-refractivity contribution >= 4 is 0 Å². The smallest absolute Gasteiger partial charge is 0.119 e. The lowest BCUT2D eigenvalue weighted by Gasteiger charge is -2.18. The second kappa shape index (κ2) is 6.33. The van der Waals surface area contributed by atoms with Crippen molar-refractivity contribution in [3.05, 3.63) is 52.5 Å². The van der Waals surface area contributed by atoms with Gasteiger partial charge in [-0.15, -0.1) is 0 Å². The Labute approximate surface area is 126 Å². The first-order valence-electron chi connectivity index (χ1n) is 7.23. The maximum Gasteiger partial charge on any atom is 0.119 e. The number of hydrogen-bond acceptors (Lipinski definition) is 4. The second-order valence-electron chi connectivity index (χ2n) is 5.59. The standard InChI is InChI=1S/C17H24N2O2/c1-10(2)20-15-8-6-14(7-9-15)17(19-18)16-11(3)12(4)21-13(16)5/h6-10,17,19H,18H2,1-5H3. The van der Waals surface area contributed by atoms with Crippen LogP contribution in [0.1, 0.15) is 48.1 Å². The fraction of sp³-hybridized carbons (Fsp3) is 0.412. The van der Waals surface area contributed by atoms with E-state index in [0.717, 1.165) is 34.0 Å². The molecule has 0 bridgehead atoms. The Morgan fingerprint density at radius 2 is 1.67 bits per heavy atom. The molecule has 1 unspecified atom stereocenters. The average molecular weight is 288 g/mol. The molecule has 4 nitrogen and oxygen atoms in total. The number of nitrogens with two attached hydrogens (primary N) is 1. The van der Waals surface area contributed by atoms with Crippen LogP contribution in [0.2, 0.25) is 0 Å². The second-order valence-corrected chi connectivity index (χ2v) is 5.59. The number of nitrogens with one attached hydrogen (secondary N) is 1. The molecule has 21 heavy (non-hydrogen) atoms. The van der Waals surface area contributed by atoms with E-state index in [2.05, 4.69) is 12.3 Å². The lowest BCUT2D eigenvalue weighted by Crippen LogP contribution is -2.29. The molecule has 0 aliphatic heterocycles. The van der Waals surface area contributed by atoms with Gasteiger partial charge in [0.15, 0.2) is 0 Å². The minimum absolute atomic E-state index is 0.0875. The van der Waals surface area contributed by atoms with Gasteiger partial charge in [0.05, 0.1) is 12.1 Å². The molecule has 2 rings (SSSR count). The van der Waals surface area contributed by atoms with Crippen LogP contribution in [0.25, 0.3) is 0 Å². The fourth-order valence-electron chi connectivity index (χ4n) is 2.59. The molecular formula is C17H24N2O2. The summed E-state index contributed by atoms with van der Waals surface area (Å²) in [7, 11) is 0. The summed E-state index contributed by atoms with van der Waals surface area (Å²) in [6.07, 6.45) is 0.167. The van der Waals surface area contributed by atoms with Gasteiger partial charge in [-0.05, 0) is 57.9 Å². The topological polar surface area (TPSA) is 60.4 Å². The molecule has 0 saturated heterocycles. The Kier molecular flexibility index (Phi) is 4.70. The fourth-order valence-corrected chi connectivity index (χ4v) is 2.59. The highest BCUT2D eigenvalue weighted by Gasteiger charge is 2.21. The van der Waals surface area contributed by atoms with Gasteiger partial charge in [-0.2, -0.15) is 0 Å². The molecule has 0 amide bonds. The van der Waals surface area contributed by atoms with E-state index in [9.17, 15) is 0 Å². The molecule has 0 radical (unpaired) electrons. The lowest BCUT2D eigenvalue weighted by molar-refractivity contribution is 0.242. The SMILES string of the molecule is Cc1oc(C)c(C(NN)c2ccc(OC(C)C)cc2)c1C. The van der Waals surface area contributed by atoms with Gasteiger partial charge in [0, 0.05) is 5.56 Å². The largest absolute Gasteiger partial charge is 0.491 e. The number of ether oxygens (including phenoxy) is 1. The van der Waals surface area contributed by atoms with Gasteiger partial charge in [-0.3, -0.25) is 5.84 Å². The molecule has 0 aliphatic rings. The van der Waals surface area contributed by atoms with Crippen molar-refractivity contribution in [3.63, 3.8) is 0 Å². The van der Waals surface area contributed by atoms with Crippen LogP contribution in [0.15, 0.2) is 28.7 Å². The van der Waals surface area contributed by atoms with Crippen molar-refractivity contribution in [2.45, 2.75) is 46.8 Å². The molecular weight excluding hydrogens is 264 g/mol. The molecule has 1 heterocycles. The zero-order chi connectivity index (χ0) is 15.6. The van der Waals surface area contributed by atoms with Crippen molar-refractivity contribution < 1.29 is 9.15 Å². The maximum absolute atomic E-state index is 5.78. The molecule has 3 N–H and O–H groups in total. The highest BCUT2D eigenvalue weighted by Crippen LogP contribution is 2.31. The minimum atomic E-state index is -0.0875. The van der Waals surface area contributed by atoms with Crippen molar-refractivity contribution in [2.75, 3.05) is 0 Å². The summed E-state index contributed by atoms with van der Waals surface area (Å²) in [4.78, 5) is 0. The molecule has 4 heteroatoms. The zero-order valence-corrected chi connectivity index (χ0v) is 13.4. The van der Waals surface area contributed by atoms with E-state index in [1.165, 1.54) is 0 Å². The van der Waals surface area contributed by atoms with Crippen molar-refractivity contribution in [1.82, 2.24) is 5.43 Å². The molecule has 1 aromatic heterocycles. The summed E-state index contributed by atoms with van der Waals surface area (Å²) < 4.78 is 11.4. The summed E-state index contributed by atoms with van der Waals surface area (Å²) in [5.41, 5.74) is 6.21. The van der Waals surface area contributed by atoms with E-state index < -0.39 is 0 Å². The Balaban J connectivity index is 2.33. The third kappa shape index (κ3) is 3.28. The van der Waals surface area contributed by atoms with Gasteiger partial charge in [-0.25, -0.2) is 5.43 Å². The van der Waals surface area contributed by atoms with Crippen LogP contribution in [-0.2, 0) is 0 Å². The van der Waals surface area contributed by atoms with Crippen LogP contribution < -0.4 is 16.0 Å². The quantitative estimate of drug-likeness (QED) is 0.652. The van der Waals surface area contributed by atoms with E-state index in [-0.39, 0.29) is 12.1 Å². The number of hydrogen-bond donors (Lipinski definition) is 2. The maximum atomic E-state index is 5.78. The first-order chi connectivity index (χ1) is 9.93. The van der Waals surface area contributed by atoms with Crippen LogP contribution in [0.3, 0.4) is 0 Å². The molecule has 0 aliphatic carbocycles. The van der Waals surface area contributed by atoms with Crippen molar-refractivity contribution in [3.8, 4) is 5.75 Å². The Hall–Kier alpha value is -1.78. The number of furan rings is 1. The highest BCUT2D eigenvalue weighted by molar-refractivity contribution is 5.41. The average Bonchev–Trinajstić information content (AvgIpc) is 2.67. The monoisotopic (exact) mass is 288 g/mol. The zero-order valence-electron chi connectivity index (χ0n) is 13.4. The predicted octanol–water partition coefficient (Wildman–Crippen LogP) is 3.54. The van der Waals surface area contributed by atoms with Crippen molar-refractivity contribution in [2.24, 2.45) is 5.84 Å². The van der Waals surface area contributed by atoms with E-state index in [0.29, 0.717) is 0 Å². The van der Waals surface area contributed by atoms with E-state index in [1.54, 1.807) is 0 Å². The Morgan fingerprint density at radius 1 is 1.05 bits per heavy atom. The first kappa shape index (κ1) is 15.6. The van der Waals surface area contributed by atoms with Crippen LogP contribution in [0, 0.1) is 20.8 Å². The third-order valence-electron chi connectivity index (χ3n) is 3.66. The van der Waals surface area contributed by atoms with Gasteiger partial charge >= 0.3 is 0 Å². The Morgan fingerprint density at radius 3 is 2.10 bits per heavy atom.